The van der Waals surface area contributed by atoms with Gasteiger partial charge in [0.2, 0.25) is 10.0 Å². The van der Waals surface area contributed by atoms with Gasteiger partial charge in [0, 0.05) is 25.0 Å². The van der Waals surface area contributed by atoms with E-state index in [2.05, 4.69) is 4.98 Å². The van der Waals surface area contributed by atoms with Crippen molar-refractivity contribution < 1.29 is 13.5 Å². The van der Waals surface area contributed by atoms with E-state index in [1.54, 1.807) is 13.8 Å². The summed E-state index contributed by atoms with van der Waals surface area (Å²) in [6.07, 6.45) is 1.39. The van der Waals surface area contributed by atoms with Crippen molar-refractivity contribution in [2.24, 2.45) is 0 Å². The third-order valence-corrected chi connectivity index (χ3v) is 4.30. The fourth-order valence-corrected chi connectivity index (χ4v) is 2.49. The Kier molecular flexibility index (Phi) is 3.54. The van der Waals surface area contributed by atoms with Crippen LogP contribution in [0.2, 0.25) is 0 Å². The van der Waals surface area contributed by atoms with Crippen LogP contribution in [0, 0.1) is 0 Å². The minimum Gasteiger partial charge on any atom is -0.390 e. The quantitative estimate of drug-likeness (QED) is 0.795. The predicted octanol–water partition coefficient (Wildman–Crippen LogP) is 0.536. The molecule has 0 atom stereocenters. The van der Waals surface area contributed by atoms with Crippen LogP contribution in [0.25, 0.3) is 0 Å². The Balaban J connectivity index is 3.06. The minimum atomic E-state index is -3.44. The number of aromatic nitrogens is 1. The average Bonchev–Trinajstić information content (AvgIpc) is 2.65. The monoisotopic (exact) mass is 232 g/mol. The van der Waals surface area contributed by atoms with Crippen LogP contribution < -0.4 is 0 Å². The summed E-state index contributed by atoms with van der Waals surface area (Å²) in [7, 11) is -1.90. The molecule has 1 heterocycles. The molecule has 0 aliphatic rings. The number of H-pyrrole nitrogens is 1. The standard InChI is InChI=1S/C9H16N2O3S/c1-7(2)11(3)15(13,14)9-4-8(6-12)10-5-9/h4-5,7,10,12H,6H2,1-3H3. The maximum absolute atomic E-state index is 11.9. The summed E-state index contributed by atoms with van der Waals surface area (Å²) in [5, 5.41) is 8.82. The number of aromatic amines is 1. The van der Waals surface area contributed by atoms with Gasteiger partial charge in [-0.25, -0.2) is 8.42 Å². The number of sulfonamides is 1. The first-order valence-corrected chi connectivity index (χ1v) is 6.09. The lowest BCUT2D eigenvalue weighted by Crippen LogP contribution is -2.32. The second-order valence-electron chi connectivity index (χ2n) is 3.63. The Morgan fingerprint density at radius 3 is 2.53 bits per heavy atom. The lowest BCUT2D eigenvalue weighted by Gasteiger charge is -2.19. The summed E-state index contributed by atoms with van der Waals surface area (Å²) < 4.78 is 25.1. The number of hydrogen-bond acceptors (Lipinski definition) is 3. The molecular formula is C9H16N2O3S. The first-order valence-electron chi connectivity index (χ1n) is 4.65. The van der Waals surface area contributed by atoms with Gasteiger partial charge in [-0.05, 0) is 19.9 Å². The lowest BCUT2D eigenvalue weighted by atomic mass is 10.4. The predicted molar refractivity (Wildman–Crippen MR) is 56.8 cm³/mol. The van der Waals surface area contributed by atoms with Gasteiger partial charge in [0.25, 0.3) is 0 Å². The van der Waals surface area contributed by atoms with Crippen molar-refractivity contribution in [3.8, 4) is 0 Å². The summed E-state index contributed by atoms with van der Waals surface area (Å²) in [5.74, 6) is 0. The van der Waals surface area contributed by atoms with Crippen LogP contribution >= 0.6 is 0 Å². The molecule has 5 nitrogen and oxygen atoms in total. The number of hydrogen-bond donors (Lipinski definition) is 2. The van der Waals surface area contributed by atoms with Crippen molar-refractivity contribution in [3.63, 3.8) is 0 Å². The molecule has 0 aromatic carbocycles. The highest BCUT2D eigenvalue weighted by atomic mass is 32.2. The fraction of sp³-hybridized carbons (Fsp3) is 0.556. The zero-order chi connectivity index (χ0) is 11.6. The van der Waals surface area contributed by atoms with Gasteiger partial charge < -0.3 is 10.1 Å². The Hall–Kier alpha value is -0.850. The van der Waals surface area contributed by atoms with Crippen LogP contribution in [0.3, 0.4) is 0 Å². The molecule has 0 bridgehead atoms. The molecule has 6 heteroatoms. The minimum absolute atomic E-state index is 0.0949. The largest absolute Gasteiger partial charge is 0.390 e. The summed E-state index contributed by atoms with van der Waals surface area (Å²) in [4.78, 5) is 2.88. The summed E-state index contributed by atoms with van der Waals surface area (Å²) in [6.45, 7) is 3.41. The van der Waals surface area contributed by atoms with Crippen LogP contribution in [0.15, 0.2) is 17.2 Å². The lowest BCUT2D eigenvalue weighted by molar-refractivity contribution is 0.277. The molecule has 0 fully saturated rings. The molecule has 2 N–H and O–H groups in total. The van der Waals surface area contributed by atoms with E-state index in [-0.39, 0.29) is 17.5 Å². The van der Waals surface area contributed by atoms with Crippen LogP contribution in [0.5, 0.6) is 0 Å². The van der Waals surface area contributed by atoms with E-state index >= 15 is 0 Å². The Labute approximate surface area is 89.8 Å². The number of nitrogens with zero attached hydrogens (tertiary/aromatic N) is 1. The zero-order valence-corrected chi connectivity index (χ0v) is 9.87. The van der Waals surface area contributed by atoms with Gasteiger partial charge in [-0.1, -0.05) is 0 Å². The van der Waals surface area contributed by atoms with Crippen LogP contribution in [-0.4, -0.2) is 35.9 Å². The Bertz CT molecular complexity index is 422. The van der Waals surface area contributed by atoms with Crippen molar-refractivity contribution in [1.82, 2.24) is 9.29 Å². The van der Waals surface area contributed by atoms with E-state index in [1.165, 1.54) is 23.6 Å². The summed E-state index contributed by atoms with van der Waals surface area (Å²) in [5.41, 5.74) is 0.491. The number of nitrogens with one attached hydrogen (secondary N) is 1. The Morgan fingerprint density at radius 1 is 1.53 bits per heavy atom. The molecule has 0 radical (unpaired) electrons. The molecule has 0 amide bonds. The first-order chi connectivity index (χ1) is 6.89. The zero-order valence-electron chi connectivity index (χ0n) is 9.06. The summed E-state index contributed by atoms with van der Waals surface area (Å²) in [6, 6.07) is 1.34. The third kappa shape index (κ3) is 2.39. The van der Waals surface area contributed by atoms with Gasteiger partial charge in [0.1, 0.15) is 0 Å². The molecule has 0 aliphatic heterocycles. The van der Waals surface area contributed by atoms with Crippen LogP contribution in [0.4, 0.5) is 0 Å². The molecular weight excluding hydrogens is 216 g/mol. The third-order valence-electron chi connectivity index (χ3n) is 2.29. The normalized spacial score (nSPS) is 12.7. The molecule has 0 saturated heterocycles. The molecule has 0 unspecified atom stereocenters. The summed E-state index contributed by atoms with van der Waals surface area (Å²) >= 11 is 0. The molecule has 0 aliphatic carbocycles. The van der Waals surface area contributed by atoms with Gasteiger partial charge in [0.15, 0.2) is 0 Å². The first kappa shape index (κ1) is 12.2. The van der Waals surface area contributed by atoms with Crippen LogP contribution in [0.1, 0.15) is 19.5 Å². The van der Waals surface area contributed by atoms with E-state index in [1.807, 2.05) is 0 Å². The van der Waals surface area contributed by atoms with Gasteiger partial charge in [0.05, 0.1) is 11.5 Å². The average molecular weight is 232 g/mol. The van der Waals surface area contributed by atoms with Crippen molar-refractivity contribution in [1.29, 1.82) is 0 Å². The number of aliphatic hydroxyl groups is 1. The smallest absolute Gasteiger partial charge is 0.244 e. The van der Waals surface area contributed by atoms with Crippen molar-refractivity contribution in [3.05, 3.63) is 18.0 Å². The van der Waals surface area contributed by atoms with E-state index in [4.69, 9.17) is 5.11 Å². The van der Waals surface area contributed by atoms with E-state index in [9.17, 15) is 8.42 Å². The molecule has 0 saturated carbocycles. The fourth-order valence-electron chi connectivity index (χ4n) is 1.10. The maximum Gasteiger partial charge on any atom is 0.244 e. The highest BCUT2D eigenvalue weighted by molar-refractivity contribution is 7.89. The van der Waals surface area contributed by atoms with Crippen LogP contribution in [-0.2, 0) is 16.6 Å². The molecule has 0 spiro atoms. The van der Waals surface area contributed by atoms with Gasteiger partial charge in [-0.15, -0.1) is 0 Å². The van der Waals surface area contributed by atoms with Gasteiger partial charge in [-0.3, -0.25) is 0 Å². The topological polar surface area (TPSA) is 73.4 Å². The molecule has 1 aromatic rings. The van der Waals surface area contributed by atoms with Crippen molar-refractivity contribution in [2.75, 3.05) is 7.05 Å². The van der Waals surface area contributed by atoms with Crippen molar-refractivity contribution in [2.45, 2.75) is 31.4 Å². The SMILES string of the molecule is CC(C)N(C)S(=O)(=O)c1c[nH]c(CO)c1. The number of aliphatic hydroxyl groups excluding tert-OH is 1. The van der Waals surface area contributed by atoms with Gasteiger partial charge >= 0.3 is 0 Å². The molecule has 1 rings (SSSR count). The maximum atomic E-state index is 11.9. The highest BCUT2D eigenvalue weighted by Crippen LogP contribution is 2.17. The van der Waals surface area contributed by atoms with E-state index in [0.717, 1.165) is 0 Å². The second kappa shape index (κ2) is 4.34. The highest BCUT2D eigenvalue weighted by Gasteiger charge is 2.23. The molecule has 15 heavy (non-hydrogen) atoms. The molecule has 86 valence electrons. The van der Waals surface area contributed by atoms with E-state index < -0.39 is 10.0 Å². The number of rotatable bonds is 4. The van der Waals surface area contributed by atoms with E-state index in [0.29, 0.717) is 5.69 Å². The Morgan fingerprint density at radius 2 is 2.13 bits per heavy atom. The van der Waals surface area contributed by atoms with Gasteiger partial charge in [-0.2, -0.15) is 4.31 Å². The van der Waals surface area contributed by atoms with Crippen molar-refractivity contribution >= 4 is 10.0 Å². The molecule has 1 aromatic heterocycles. The second-order valence-corrected chi connectivity index (χ2v) is 5.63.